The fourth-order valence-electron chi connectivity index (χ4n) is 2.05. The van der Waals surface area contributed by atoms with E-state index in [2.05, 4.69) is 5.32 Å². The number of nitrogens with zero attached hydrogens (tertiary/aromatic N) is 2. The Kier molecular flexibility index (Phi) is 5.75. The fraction of sp³-hybridized carbons (Fsp3) is 0.211. The Hall–Kier alpha value is -3.33. The Morgan fingerprint density at radius 2 is 1.68 bits per heavy atom. The summed E-state index contributed by atoms with van der Waals surface area (Å²) >= 11 is 0. The zero-order chi connectivity index (χ0) is 18.4. The molecule has 25 heavy (non-hydrogen) atoms. The van der Waals surface area contributed by atoms with Crippen molar-refractivity contribution in [2.45, 2.75) is 13.0 Å². The molecular formula is C19H19N3O3. The van der Waals surface area contributed by atoms with Crippen LogP contribution in [0.15, 0.2) is 48.5 Å². The minimum absolute atomic E-state index is 0.378. The molecule has 0 saturated carbocycles. The highest BCUT2D eigenvalue weighted by Crippen LogP contribution is 2.14. The SMILES string of the molecule is C[C@H](OC(=O)c1ccc(N(C)C)cc1)C(=O)Nc1ccc(C#N)cc1. The van der Waals surface area contributed by atoms with Crippen LogP contribution in [0.4, 0.5) is 11.4 Å². The molecule has 0 radical (unpaired) electrons. The first-order valence-electron chi connectivity index (χ1n) is 7.70. The number of benzene rings is 2. The molecule has 2 aromatic rings. The highest BCUT2D eigenvalue weighted by molar-refractivity contribution is 5.97. The second kappa shape index (κ2) is 7.97. The predicted octanol–water partition coefficient (Wildman–Crippen LogP) is 2.81. The molecule has 2 aromatic carbocycles. The first kappa shape index (κ1) is 18.0. The number of hydrogen-bond donors (Lipinski definition) is 1. The van der Waals surface area contributed by atoms with Gasteiger partial charge >= 0.3 is 5.97 Å². The van der Waals surface area contributed by atoms with Gasteiger partial charge in [-0.05, 0) is 55.5 Å². The van der Waals surface area contributed by atoms with Crippen LogP contribution in [0.25, 0.3) is 0 Å². The summed E-state index contributed by atoms with van der Waals surface area (Å²) in [6.07, 6.45) is -0.948. The van der Waals surface area contributed by atoms with Crippen LogP contribution in [0.3, 0.4) is 0 Å². The van der Waals surface area contributed by atoms with Gasteiger partial charge in [0.25, 0.3) is 5.91 Å². The number of nitriles is 1. The van der Waals surface area contributed by atoms with Gasteiger partial charge in [-0.25, -0.2) is 4.79 Å². The zero-order valence-electron chi connectivity index (χ0n) is 14.3. The van der Waals surface area contributed by atoms with Crippen LogP contribution in [-0.2, 0) is 9.53 Å². The molecule has 1 N–H and O–H groups in total. The molecule has 0 aliphatic carbocycles. The maximum atomic E-state index is 12.1. The van der Waals surface area contributed by atoms with Gasteiger partial charge in [0.05, 0.1) is 17.2 Å². The fourth-order valence-corrected chi connectivity index (χ4v) is 2.05. The first-order valence-corrected chi connectivity index (χ1v) is 7.70. The normalized spacial score (nSPS) is 11.1. The molecule has 0 spiro atoms. The van der Waals surface area contributed by atoms with Gasteiger partial charge in [0.2, 0.25) is 0 Å². The summed E-state index contributed by atoms with van der Waals surface area (Å²) < 4.78 is 5.20. The Morgan fingerprint density at radius 1 is 1.08 bits per heavy atom. The van der Waals surface area contributed by atoms with Crippen LogP contribution in [0.5, 0.6) is 0 Å². The molecule has 0 bridgehead atoms. The van der Waals surface area contributed by atoms with Crippen LogP contribution in [0.1, 0.15) is 22.8 Å². The van der Waals surface area contributed by atoms with E-state index in [1.54, 1.807) is 48.5 Å². The Labute approximate surface area is 146 Å². The van der Waals surface area contributed by atoms with E-state index < -0.39 is 18.0 Å². The monoisotopic (exact) mass is 337 g/mol. The van der Waals surface area contributed by atoms with Crippen LogP contribution < -0.4 is 10.2 Å². The zero-order valence-corrected chi connectivity index (χ0v) is 14.3. The summed E-state index contributed by atoms with van der Waals surface area (Å²) in [6, 6.07) is 15.3. The number of hydrogen-bond acceptors (Lipinski definition) is 5. The summed E-state index contributed by atoms with van der Waals surface area (Å²) in [5.41, 5.74) is 2.37. The lowest BCUT2D eigenvalue weighted by Crippen LogP contribution is -2.30. The predicted molar refractivity (Wildman–Crippen MR) is 95.4 cm³/mol. The van der Waals surface area contributed by atoms with Crippen molar-refractivity contribution in [3.8, 4) is 6.07 Å². The standard InChI is InChI=1S/C19H19N3O3/c1-13(18(23)21-16-8-4-14(12-20)5-9-16)25-19(24)15-6-10-17(11-7-15)22(2)3/h4-11,13H,1-3H3,(H,21,23)/t13-/m0/s1. The van der Waals surface area contributed by atoms with Gasteiger partial charge in [0.15, 0.2) is 6.10 Å². The molecule has 0 heterocycles. The number of esters is 1. The summed E-state index contributed by atoms with van der Waals surface area (Å²) in [5, 5.41) is 11.4. The summed E-state index contributed by atoms with van der Waals surface area (Å²) in [7, 11) is 3.81. The number of nitrogens with one attached hydrogen (secondary N) is 1. The molecule has 0 aliphatic heterocycles. The van der Waals surface area contributed by atoms with E-state index in [0.29, 0.717) is 16.8 Å². The van der Waals surface area contributed by atoms with Gasteiger partial charge in [-0.1, -0.05) is 0 Å². The number of carbonyl (C=O) groups excluding carboxylic acids is 2. The third kappa shape index (κ3) is 4.82. The van der Waals surface area contributed by atoms with Crippen LogP contribution in [-0.4, -0.2) is 32.1 Å². The van der Waals surface area contributed by atoms with Crippen molar-refractivity contribution in [2.75, 3.05) is 24.3 Å². The summed E-state index contributed by atoms with van der Waals surface area (Å²) in [6.45, 7) is 1.51. The molecule has 1 atom stereocenters. The number of ether oxygens (including phenoxy) is 1. The Balaban J connectivity index is 1.95. The van der Waals surface area contributed by atoms with Gasteiger partial charge in [0.1, 0.15) is 0 Å². The minimum Gasteiger partial charge on any atom is -0.449 e. The van der Waals surface area contributed by atoms with Gasteiger partial charge in [-0.15, -0.1) is 0 Å². The topological polar surface area (TPSA) is 82.4 Å². The lowest BCUT2D eigenvalue weighted by atomic mass is 10.2. The Morgan fingerprint density at radius 3 is 2.20 bits per heavy atom. The maximum absolute atomic E-state index is 12.1. The van der Waals surface area contributed by atoms with Crippen LogP contribution >= 0.6 is 0 Å². The van der Waals surface area contributed by atoms with E-state index in [0.717, 1.165) is 5.69 Å². The van der Waals surface area contributed by atoms with E-state index in [-0.39, 0.29) is 0 Å². The van der Waals surface area contributed by atoms with Crippen molar-refractivity contribution in [1.82, 2.24) is 0 Å². The number of carbonyl (C=O) groups is 2. The van der Waals surface area contributed by atoms with Crippen molar-refractivity contribution in [2.24, 2.45) is 0 Å². The minimum atomic E-state index is -0.948. The molecule has 128 valence electrons. The molecule has 0 aliphatic rings. The van der Waals surface area contributed by atoms with Gasteiger partial charge in [-0.3, -0.25) is 4.79 Å². The Bertz CT molecular complexity index is 790. The quantitative estimate of drug-likeness (QED) is 0.848. The maximum Gasteiger partial charge on any atom is 0.338 e. The highest BCUT2D eigenvalue weighted by Gasteiger charge is 2.19. The number of anilines is 2. The first-order chi connectivity index (χ1) is 11.9. The molecular weight excluding hydrogens is 318 g/mol. The lowest BCUT2D eigenvalue weighted by Gasteiger charge is -2.15. The molecule has 2 rings (SSSR count). The molecule has 0 fully saturated rings. The van der Waals surface area contributed by atoms with E-state index in [1.165, 1.54) is 6.92 Å². The van der Waals surface area contributed by atoms with Gasteiger partial charge in [-0.2, -0.15) is 5.26 Å². The van der Waals surface area contributed by atoms with Crippen molar-refractivity contribution in [1.29, 1.82) is 5.26 Å². The van der Waals surface area contributed by atoms with Crippen LogP contribution in [0, 0.1) is 11.3 Å². The third-order valence-corrected chi connectivity index (χ3v) is 3.55. The van der Waals surface area contributed by atoms with E-state index in [4.69, 9.17) is 10.00 Å². The average molecular weight is 337 g/mol. The average Bonchev–Trinajstić information content (AvgIpc) is 2.62. The van der Waals surface area contributed by atoms with E-state index in [1.807, 2.05) is 25.1 Å². The van der Waals surface area contributed by atoms with Crippen molar-refractivity contribution < 1.29 is 14.3 Å². The van der Waals surface area contributed by atoms with Crippen molar-refractivity contribution in [3.63, 3.8) is 0 Å². The van der Waals surface area contributed by atoms with Gasteiger partial charge in [0, 0.05) is 25.5 Å². The smallest absolute Gasteiger partial charge is 0.338 e. The summed E-state index contributed by atoms with van der Waals surface area (Å²) in [5.74, 6) is -1.00. The molecule has 0 unspecified atom stereocenters. The molecule has 6 nitrogen and oxygen atoms in total. The van der Waals surface area contributed by atoms with E-state index in [9.17, 15) is 9.59 Å². The molecule has 6 heteroatoms. The highest BCUT2D eigenvalue weighted by atomic mass is 16.5. The molecule has 0 aromatic heterocycles. The number of amides is 1. The molecule has 0 saturated heterocycles. The van der Waals surface area contributed by atoms with Crippen molar-refractivity contribution >= 4 is 23.3 Å². The van der Waals surface area contributed by atoms with Crippen molar-refractivity contribution in [3.05, 3.63) is 59.7 Å². The third-order valence-electron chi connectivity index (χ3n) is 3.55. The van der Waals surface area contributed by atoms with Crippen LogP contribution in [0.2, 0.25) is 0 Å². The van der Waals surface area contributed by atoms with Gasteiger partial charge < -0.3 is 15.0 Å². The molecule has 1 amide bonds. The largest absolute Gasteiger partial charge is 0.449 e. The second-order valence-corrected chi connectivity index (χ2v) is 5.67. The summed E-state index contributed by atoms with van der Waals surface area (Å²) in [4.78, 5) is 26.2. The lowest BCUT2D eigenvalue weighted by molar-refractivity contribution is -0.123. The second-order valence-electron chi connectivity index (χ2n) is 5.67. The van der Waals surface area contributed by atoms with E-state index >= 15 is 0 Å². The number of rotatable bonds is 5.